The minimum atomic E-state index is -0.782. The summed E-state index contributed by atoms with van der Waals surface area (Å²) in [6.45, 7) is 2.51. The van der Waals surface area contributed by atoms with E-state index in [9.17, 15) is 9.59 Å². The zero-order valence-corrected chi connectivity index (χ0v) is 11.8. The van der Waals surface area contributed by atoms with E-state index in [-0.39, 0.29) is 18.2 Å². The average molecular weight is 284 g/mol. The van der Waals surface area contributed by atoms with Gasteiger partial charge in [0.2, 0.25) is 5.91 Å². The lowest BCUT2D eigenvalue weighted by Gasteiger charge is -2.13. The number of carboxylic acid groups (broad SMARTS) is 1. The SMILES string of the molecule is CC(CCNC(=O)C(N)c1cccs1)CCC(=O)O. The summed E-state index contributed by atoms with van der Waals surface area (Å²) in [5, 5.41) is 13.2. The fourth-order valence-corrected chi connectivity index (χ4v) is 2.39. The third-order valence-corrected chi connectivity index (χ3v) is 3.87. The summed E-state index contributed by atoms with van der Waals surface area (Å²) in [7, 11) is 0. The lowest BCUT2D eigenvalue weighted by atomic mass is 10.0. The lowest BCUT2D eigenvalue weighted by Crippen LogP contribution is -2.34. The molecule has 0 saturated carbocycles. The number of hydrogen-bond acceptors (Lipinski definition) is 4. The number of thiophene rings is 1. The van der Waals surface area contributed by atoms with E-state index in [4.69, 9.17) is 10.8 Å². The third kappa shape index (κ3) is 5.85. The van der Waals surface area contributed by atoms with Crippen LogP contribution in [-0.2, 0) is 9.59 Å². The van der Waals surface area contributed by atoms with E-state index in [1.165, 1.54) is 11.3 Å². The van der Waals surface area contributed by atoms with Crippen LogP contribution in [0.15, 0.2) is 17.5 Å². The van der Waals surface area contributed by atoms with Crippen LogP contribution in [0.3, 0.4) is 0 Å². The Bertz CT molecular complexity index is 406. The molecule has 0 aliphatic rings. The Morgan fingerprint density at radius 2 is 2.21 bits per heavy atom. The summed E-state index contributed by atoms with van der Waals surface area (Å²) in [6, 6.07) is 3.08. The summed E-state index contributed by atoms with van der Waals surface area (Å²) < 4.78 is 0. The molecule has 1 aromatic heterocycles. The molecule has 0 bridgehead atoms. The third-order valence-electron chi connectivity index (χ3n) is 2.92. The number of aliphatic carboxylic acids is 1. The van der Waals surface area contributed by atoms with Crippen LogP contribution in [0, 0.1) is 5.92 Å². The molecule has 1 rings (SSSR count). The first-order valence-corrected chi connectivity index (χ1v) is 7.17. The summed E-state index contributed by atoms with van der Waals surface area (Å²) in [5.41, 5.74) is 5.82. The fraction of sp³-hybridized carbons (Fsp3) is 0.538. The second kappa shape index (κ2) is 7.91. The first-order chi connectivity index (χ1) is 9.00. The summed E-state index contributed by atoms with van der Waals surface area (Å²) in [5.74, 6) is -0.696. The van der Waals surface area contributed by atoms with Crippen LogP contribution in [0.2, 0.25) is 0 Å². The standard InChI is InChI=1S/C13H20N2O3S/c1-9(4-5-11(16)17)6-7-15-13(18)12(14)10-3-2-8-19-10/h2-3,8-9,12H,4-7,14H2,1H3,(H,15,18)(H,16,17). The highest BCUT2D eigenvalue weighted by atomic mass is 32.1. The highest BCUT2D eigenvalue weighted by Crippen LogP contribution is 2.16. The maximum absolute atomic E-state index is 11.8. The van der Waals surface area contributed by atoms with Crippen LogP contribution in [0.5, 0.6) is 0 Å². The van der Waals surface area contributed by atoms with Crippen LogP contribution >= 0.6 is 11.3 Å². The number of nitrogens with two attached hydrogens (primary N) is 1. The molecular weight excluding hydrogens is 264 g/mol. The van der Waals surface area contributed by atoms with Gasteiger partial charge in [0.1, 0.15) is 6.04 Å². The smallest absolute Gasteiger partial charge is 0.303 e. The fourth-order valence-electron chi connectivity index (χ4n) is 1.66. The van der Waals surface area contributed by atoms with Crippen molar-refractivity contribution in [2.45, 2.75) is 32.2 Å². The predicted molar refractivity (Wildman–Crippen MR) is 74.9 cm³/mol. The molecule has 0 aliphatic carbocycles. The van der Waals surface area contributed by atoms with Crippen molar-refractivity contribution in [3.05, 3.63) is 22.4 Å². The largest absolute Gasteiger partial charge is 0.481 e. The molecule has 2 unspecified atom stereocenters. The van der Waals surface area contributed by atoms with E-state index in [2.05, 4.69) is 5.32 Å². The van der Waals surface area contributed by atoms with Crippen LogP contribution in [-0.4, -0.2) is 23.5 Å². The van der Waals surface area contributed by atoms with Crippen molar-refractivity contribution in [3.8, 4) is 0 Å². The van der Waals surface area contributed by atoms with Gasteiger partial charge in [-0.2, -0.15) is 0 Å². The Morgan fingerprint density at radius 3 is 2.79 bits per heavy atom. The van der Waals surface area contributed by atoms with E-state index in [1.807, 2.05) is 24.4 Å². The molecule has 4 N–H and O–H groups in total. The molecule has 5 nitrogen and oxygen atoms in total. The Morgan fingerprint density at radius 1 is 1.47 bits per heavy atom. The van der Waals surface area contributed by atoms with Crippen LogP contribution in [0.25, 0.3) is 0 Å². The second-order valence-electron chi connectivity index (χ2n) is 4.61. The minimum absolute atomic E-state index is 0.170. The Hall–Kier alpha value is -1.40. The van der Waals surface area contributed by atoms with Crippen molar-refractivity contribution in [3.63, 3.8) is 0 Å². The lowest BCUT2D eigenvalue weighted by molar-refractivity contribution is -0.137. The first kappa shape index (κ1) is 15.7. The zero-order valence-electron chi connectivity index (χ0n) is 11.0. The minimum Gasteiger partial charge on any atom is -0.481 e. The van der Waals surface area contributed by atoms with Gasteiger partial charge in [-0.25, -0.2) is 0 Å². The van der Waals surface area contributed by atoms with E-state index >= 15 is 0 Å². The molecule has 106 valence electrons. The molecule has 0 fully saturated rings. The Labute approximate surface area is 116 Å². The van der Waals surface area contributed by atoms with Gasteiger partial charge >= 0.3 is 5.97 Å². The molecule has 1 aromatic rings. The van der Waals surface area contributed by atoms with Crippen molar-refractivity contribution >= 4 is 23.2 Å². The van der Waals surface area contributed by atoms with Crippen molar-refractivity contribution in [1.29, 1.82) is 0 Å². The monoisotopic (exact) mass is 284 g/mol. The van der Waals surface area contributed by atoms with E-state index in [1.54, 1.807) is 0 Å². The number of nitrogens with one attached hydrogen (secondary N) is 1. The molecule has 0 aliphatic heterocycles. The van der Waals surface area contributed by atoms with Crippen LogP contribution in [0.4, 0.5) is 0 Å². The highest BCUT2D eigenvalue weighted by Gasteiger charge is 2.16. The quantitative estimate of drug-likeness (QED) is 0.678. The summed E-state index contributed by atoms with van der Waals surface area (Å²) in [4.78, 5) is 23.0. The van der Waals surface area contributed by atoms with E-state index in [0.29, 0.717) is 13.0 Å². The highest BCUT2D eigenvalue weighted by molar-refractivity contribution is 7.10. The number of carbonyl (C=O) groups excluding carboxylic acids is 1. The van der Waals surface area contributed by atoms with E-state index < -0.39 is 12.0 Å². The Kier molecular flexibility index (Phi) is 6.52. The van der Waals surface area contributed by atoms with Gasteiger partial charge in [0.25, 0.3) is 0 Å². The second-order valence-corrected chi connectivity index (χ2v) is 5.59. The molecule has 1 amide bonds. The molecule has 1 heterocycles. The van der Waals surface area contributed by atoms with Crippen LogP contribution < -0.4 is 11.1 Å². The molecule has 0 aromatic carbocycles. The summed E-state index contributed by atoms with van der Waals surface area (Å²) >= 11 is 1.46. The molecule has 19 heavy (non-hydrogen) atoms. The number of carboxylic acids is 1. The van der Waals surface area contributed by atoms with E-state index in [0.717, 1.165) is 11.3 Å². The van der Waals surface area contributed by atoms with Gasteiger partial charge in [0, 0.05) is 17.8 Å². The molecule has 6 heteroatoms. The number of hydrogen-bond donors (Lipinski definition) is 3. The van der Waals surface area contributed by atoms with Crippen molar-refractivity contribution in [2.75, 3.05) is 6.54 Å². The van der Waals surface area contributed by atoms with Gasteiger partial charge in [-0.05, 0) is 30.2 Å². The molecule has 0 spiro atoms. The average Bonchev–Trinajstić information content (AvgIpc) is 2.89. The molecular formula is C13H20N2O3S. The van der Waals surface area contributed by atoms with Crippen molar-refractivity contribution < 1.29 is 14.7 Å². The van der Waals surface area contributed by atoms with Gasteiger partial charge in [-0.1, -0.05) is 13.0 Å². The van der Waals surface area contributed by atoms with Crippen molar-refractivity contribution in [1.82, 2.24) is 5.32 Å². The molecule has 0 radical (unpaired) electrons. The van der Waals surface area contributed by atoms with Gasteiger partial charge < -0.3 is 16.2 Å². The van der Waals surface area contributed by atoms with Gasteiger partial charge in [0.05, 0.1) is 0 Å². The van der Waals surface area contributed by atoms with Gasteiger partial charge in [-0.15, -0.1) is 11.3 Å². The topological polar surface area (TPSA) is 92.4 Å². The van der Waals surface area contributed by atoms with Gasteiger partial charge in [0.15, 0.2) is 0 Å². The number of rotatable bonds is 8. The first-order valence-electron chi connectivity index (χ1n) is 6.29. The van der Waals surface area contributed by atoms with Gasteiger partial charge in [-0.3, -0.25) is 9.59 Å². The predicted octanol–water partition coefficient (Wildman–Crippen LogP) is 1.76. The Balaban J connectivity index is 2.21. The number of amides is 1. The van der Waals surface area contributed by atoms with Crippen molar-refractivity contribution in [2.24, 2.45) is 11.7 Å². The summed E-state index contributed by atoms with van der Waals surface area (Å²) in [6.07, 6.45) is 1.56. The number of carbonyl (C=O) groups is 2. The molecule has 0 saturated heterocycles. The van der Waals surface area contributed by atoms with Crippen LogP contribution in [0.1, 0.15) is 37.1 Å². The molecule has 2 atom stereocenters. The zero-order chi connectivity index (χ0) is 14.3. The maximum Gasteiger partial charge on any atom is 0.303 e. The maximum atomic E-state index is 11.8. The normalized spacial score (nSPS) is 13.8.